The minimum Gasteiger partial charge on any atom is -0.382 e. The van der Waals surface area contributed by atoms with Gasteiger partial charge in [-0.25, -0.2) is 0 Å². The Hall–Kier alpha value is -0.200. The zero-order valence-corrected chi connectivity index (χ0v) is 11.8. The second-order valence-electron chi connectivity index (χ2n) is 4.77. The third-order valence-electron chi connectivity index (χ3n) is 3.57. The van der Waals surface area contributed by atoms with E-state index in [-0.39, 0.29) is 5.60 Å². The fourth-order valence-corrected chi connectivity index (χ4v) is 2.34. The Morgan fingerprint density at radius 2 is 1.89 bits per heavy atom. The zero-order chi connectivity index (χ0) is 13.3. The van der Waals surface area contributed by atoms with Crippen LogP contribution in [0.2, 0.25) is 0 Å². The molecule has 1 aliphatic heterocycles. The normalized spacial score (nSPS) is 20.2. The van der Waals surface area contributed by atoms with Crippen molar-refractivity contribution in [2.45, 2.75) is 25.4 Å². The maximum atomic E-state index is 5.84. The number of nitrogens with zero attached hydrogens (tertiary/aromatic N) is 1. The summed E-state index contributed by atoms with van der Waals surface area (Å²) in [4.78, 5) is 2.42. The van der Waals surface area contributed by atoms with E-state index in [4.69, 9.17) is 19.9 Å². The molecule has 1 aliphatic rings. The molecule has 1 rings (SSSR count). The summed E-state index contributed by atoms with van der Waals surface area (Å²) in [5.41, 5.74) is 5.76. The van der Waals surface area contributed by atoms with Crippen molar-refractivity contribution >= 4 is 0 Å². The van der Waals surface area contributed by atoms with Crippen LogP contribution >= 0.6 is 0 Å². The minimum absolute atomic E-state index is 0.0812. The molecular weight excluding hydrogens is 232 g/mol. The summed E-state index contributed by atoms with van der Waals surface area (Å²) in [6.45, 7) is 8.60. The van der Waals surface area contributed by atoms with E-state index in [1.165, 1.54) is 0 Å². The van der Waals surface area contributed by atoms with Crippen molar-refractivity contribution in [1.29, 1.82) is 0 Å². The van der Waals surface area contributed by atoms with E-state index in [0.717, 1.165) is 45.7 Å². The Kier molecular flexibility index (Phi) is 7.77. The minimum atomic E-state index is -0.0812. The van der Waals surface area contributed by atoms with Gasteiger partial charge in [-0.15, -0.1) is 0 Å². The number of methoxy groups -OCH3 is 1. The van der Waals surface area contributed by atoms with Gasteiger partial charge in [0.25, 0.3) is 0 Å². The van der Waals surface area contributed by atoms with Crippen LogP contribution in [0.25, 0.3) is 0 Å². The molecule has 2 N–H and O–H groups in total. The van der Waals surface area contributed by atoms with Gasteiger partial charge in [-0.3, -0.25) is 0 Å². The highest BCUT2D eigenvalue weighted by Crippen LogP contribution is 2.25. The van der Waals surface area contributed by atoms with E-state index in [9.17, 15) is 0 Å². The Morgan fingerprint density at radius 1 is 1.17 bits per heavy atom. The molecule has 0 amide bonds. The third kappa shape index (κ3) is 5.20. The molecule has 0 radical (unpaired) electrons. The number of rotatable bonds is 9. The van der Waals surface area contributed by atoms with Crippen molar-refractivity contribution in [3.63, 3.8) is 0 Å². The highest BCUT2D eigenvalue weighted by atomic mass is 16.5. The molecule has 0 saturated carbocycles. The van der Waals surface area contributed by atoms with Gasteiger partial charge in [0, 0.05) is 39.9 Å². The van der Waals surface area contributed by atoms with Crippen molar-refractivity contribution < 1.29 is 14.2 Å². The summed E-state index contributed by atoms with van der Waals surface area (Å²) in [5.74, 6) is 0. The predicted molar refractivity (Wildman–Crippen MR) is 71.8 cm³/mol. The van der Waals surface area contributed by atoms with Crippen molar-refractivity contribution in [2.24, 2.45) is 5.73 Å². The second-order valence-corrected chi connectivity index (χ2v) is 4.77. The molecule has 0 unspecified atom stereocenters. The first-order valence-corrected chi connectivity index (χ1v) is 6.89. The SMILES string of the molecule is CCOC1(CN)CCN(CCOCCOC)CC1. The van der Waals surface area contributed by atoms with Gasteiger partial charge in [0.1, 0.15) is 0 Å². The largest absolute Gasteiger partial charge is 0.382 e. The van der Waals surface area contributed by atoms with E-state index in [2.05, 4.69) is 4.90 Å². The number of likely N-dealkylation sites (tertiary alicyclic amines) is 1. The first kappa shape index (κ1) is 15.9. The molecule has 0 atom stereocenters. The summed E-state index contributed by atoms with van der Waals surface area (Å²) >= 11 is 0. The lowest BCUT2D eigenvalue weighted by Crippen LogP contribution is -2.51. The van der Waals surface area contributed by atoms with E-state index < -0.39 is 0 Å². The lowest BCUT2D eigenvalue weighted by molar-refractivity contribution is -0.0749. The van der Waals surface area contributed by atoms with Gasteiger partial charge in [0.2, 0.25) is 0 Å². The molecule has 5 heteroatoms. The van der Waals surface area contributed by atoms with Crippen LogP contribution in [-0.2, 0) is 14.2 Å². The van der Waals surface area contributed by atoms with Crippen LogP contribution in [0.15, 0.2) is 0 Å². The maximum Gasteiger partial charge on any atom is 0.0828 e. The van der Waals surface area contributed by atoms with Crippen molar-refractivity contribution in [3.8, 4) is 0 Å². The molecule has 1 heterocycles. The Balaban J connectivity index is 2.14. The van der Waals surface area contributed by atoms with Crippen LogP contribution in [0.3, 0.4) is 0 Å². The highest BCUT2D eigenvalue weighted by Gasteiger charge is 2.33. The van der Waals surface area contributed by atoms with Gasteiger partial charge in [-0.2, -0.15) is 0 Å². The van der Waals surface area contributed by atoms with Crippen LogP contribution in [0.5, 0.6) is 0 Å². The van der Waals surface area contributed by atoms with Crippen molar-refractivity contribution in [1.82, 2.24) is 4.90 Å². The van der Waals surface area contributed by atoms with Crippen LogP contribution in [-0.4, -0.2) is 70.2 Å². The molecule has 0 aliphatic carbocycles. The molecule has 18 heavy (non-hydrogen) atoms. The number of nitrogens with two attached hydrogens (primary N) is 1. The third-order valence-corrected chi connectivity index (χ3v) is 3.57. The predicted octanol–water partition coefficient (Wildman–Crippen LogP) is 0.479. The van der Waals surface area contributed by atoms with E-state index in [1.54, 1.807) is 7.11 Å². The Labute approximate surface area is 111 Å². The first-order valence-electron chi connectivity index (χ1n) is 6.89. The molecule has 108 valence electrons. The summed E-state index contributed by atoms with van der Waals surface area (Å²) in [7, 11) is 1.69. The average molecular weight is 260 g/mol. The van der Waals surface area contributed by atoms with Gasteiger partial charge < -0.3 is 24.8 Å². The van der Waals surface area contributed by atoms with Crippen molar-refractivity contribution in [2.75, 3.05) is 59.7 Å². The highest BCUT2D eigenvalue weighted by molar-refractivity contribution is 4.88. The summed E-state index contributed by atoms with van der Waals surface area (Å²) in [6.07, 6.45) is 2.05. The smallest absolute Gasteiger partial charge is 0.0828 e. The van der Waals surface area contributed by atoms with Gasteiger partial charge >= 0.3 is 0 Å². The fourth-order valence-electron chi connectivity index (χ4n) is 2.34. The quantitative estimate of drug-likeness (QED) is 0.611. The first-order chi connectivity index (χ1) is 8.76. The summed E-state index contributed by atoms with van der Waals surface area (Å²) < 4.78 is 16.2. The lowest BCUT2D eigenvalue weighted by Gasteiger charge is -2.40. The van der Waals surface area contributed by atoms with Gasteiger partial charge in [0.15, 0.2) is 0 Å². The van der Waals surface area contributed by atoms with Crippen LogP contribution in [0.4, 0.5) is 0 Å². The van der Waals surface area contributed by atoms with Crippen LogP contribution in [0.1, 0.15) is 19.8 Å². The number of hydrogen-bond acceptors (Lipinski definition) is 5. The topological polar surface area (TPSA) is 57.0 Å². The molecular formula is C13H28N2O3. The molecule has 0 spiro atoms. The van der Waals surface area contributed by atoms with Gasteiger partial charge in [0.05, 0.1) is 25.4 Å². The Morgan fingerprint density at radius 3 is 2.44 bits per heavy atom. The van der Waals surface area contributed by atoms with E-state index in [1.807, 2.05) is 6.92 Å². The number of hydrogen-bond donors (Lipinski definition) is 1. The lowest BCUT2D eigenvalue weighted by atomic mass is 9.91. The number of ether oxygens (including phenoxy) is 3. The maximum absolute atomic E-state index is 5.84. The molecule has 0 aromatic heterocycles. The molecule has 0 bridgehead atoms. The summed E-state index contributed by atoms with van der Waals surface area (Å²) in [6, 6.07) is 0. The molecule has 5 nitrogen and oxygen atoms in total. The van der Waals surface area contributed by atoms with Crippen LogP contribution < -0.4 is 5.73 Å². The fraction of sp³-hybridized carbons (Fsp3) is 1.00. The monoisotopic (exact) mass is 260 g/mol. The molecule has 1 saturated heterocycles. The Bertz CT molecular complexity index is 206. The van der Waals surface area contributed by atoms with E-state index in [0.29, 0.717) is 19.8 Å². The standard InChI is InChI=1S/C13H28N2O3/c1-3-18-13(12-14)4-6-15(7-5-13)8-9-17-11-10-16-2/h3-12,14H2,1-2H3. The zero-order valence-electron chi connectivity index (χ0n) is 11.8. The van der Waals surface area contributed by atoms with Gasteiger partial charge in [-0.05, 0) is 19.8 Å². The van der Waals surface area contributed by atoms with Gasteiger partial charge in [-0.1, -0.05) is 0 Å². The van der Waals surface area contributed by atoms with E-state index >= 15 is 0 Å². The van der Waals surface area contributed by atoms with Crippen molar-refractivity contribution in [3.05, 3.63) is 0 Å². The molecule has 0 aromatic carbocycles. The summed E-state index contributed by atoms with van der Waals surface area (Å²) in [5, 5.41) is 0. The van der Waals surface area contributed by atoms with Crippen LogP contribution in [0, 0.1) is 0 Å². The average Bonchev–Trinajstić information content (AvgIpc) is 2.41. The molecule has 0 aromatic rings. The molecule has 1 fully saturated rings. The second kappa shape index (κ2) is 8.82. The number of piperidine rings is 1.